The second kappa shape index (κ2) is 3.66. The van der Waals surface area contributed by atoms with E-state index in [1.807, 2.05) is 0 Å². The Kier molecular flexibility index (Phi) is 2.49. The van der Waals surface area contributed by atoms with E-state index in [9.17, 15) is 0 Å². The Hall–Kier alpha value is -1.35. The van der Waals surface area contributed by atoms with E-state index >= 15 is 0 Å². The molecule has 3 heteroatoms. The molecule has 0 fully saturated rings. The van der Waals surface area contributed by atoms with Crippen molar-refractivity contribution in [2.75, 3.05) is 0 Å². The third-order valence-electron chi connectivity index (χ3n) is 2.55. The van der Waals surface area contributed by atoms with Gasteiger partial charge in [0.05, 0.1) is 6.21 Å². The molecule has 2 rings (SSSR count). The summed E-state index contributed by atoms with van der Waals surface area (Å²) in [4.78, 5) is 5.19. The van der Waals surface area contributed by atoms with Crippen LogP contribution in [-0.4, -0.2) is 6.21 Å². The van der Waals surface area contributed by atoms with Crippen LogP contribution in [0.25, 0.3) is 0 Å². The Balaban J connectivity index is 2.20. The molecule has 1 aliphatic rings. The predicted molar refractivity (Wildman–Crippen MR) is 60.6 cm³/mol. The minimum Gasteiger partial charge on any atom is -0.245 e. The van der Waals surface area contributed by atoms with E-state index in [1.165, 1.54) is 5.56 Å². The highest BCUT2D eigenvalue weighted by atomic mass is 16.7. The molecule has 1 unspecified atom stereocenters. The SMILES string of the molecule is CC(C)(C)c1ccc(C2C=NNO2)cc1. The van der Waals surface area contributed by atoms with E-state index in [2.05, 4.69) is 55.7 Å². The normalized spacial score (nSPS) is 20.3. The van der Waals surface area contributed by atoms with Gasteiger partial charge in [-0.05, 0) is 16.5 Å². The molecule has 1 N–H and O–H groups in total. The highest BCUT2D eigenvalue weighted by Crippen LogP contribution is 2.24. The van der Waals surface area contributed by atoms with Gasteiger partial charge < -0.3 is 0 Å². The predicted octanol–water partition coefficient (Wildman–Crippen LogP) is 2.55. The van der Waals surface area contributed by atoms with Crippen LogP contribution < -0.4 is 5.59 Å². The van der Waals surface area contributed by atoms with Crippen molar-refractivity contribution < 1.29 is 4.84 Å². The first-order valence-electron chi connectivity index (χ1n) is 5.12. The largest absolute Gasteiger partial charge is 0.245 e. The summed E-state index contributed by atoms with van der Waals surface area (Å²) in [6, 6.07) is 8.46. The van der Waals surface area contributed by atoms with Gasteiger partial charge in [0.25, 0.3) is 0 Å². The number of nitrogens with one attached hydrogen (secondary N) is 1. The van der Waals surface area contributed by atoms with Crippen LogP contribution >= 0.6 is 0 Å². The minimum absolute atomic E-state index is 0.0565. The second-order valence-corrected chi connectivity index (χ2v) is 4.78. The van der Waals surface area contributed by atoms with Crippen LogP contribution in [0.1, 0.15) is 38.0 Å². The molecule has 0 saturated heterocycles. The van der Waals surface area contributed by atoms with Crippen molar-refractivity contribution in [3.63, 3.8) is 0 Å². The summed E-state index contributed by atoms with van der Waals surface area (Å²) in [5.41, 5.74) is 5.13. The van der Waals surface area contributed by atoms with Crippen molar-refractivity contribution >= 4 is 6.21 Å². The molecule has 1 aliphatic heterocycles. The van der Waals surface area contributed by atoms with E-state index in [1.54, 1.807) is 6.21 Å². The van der Waals surface area contributed by atoms with Gasteiger partial charge in [0.2, 0.25) is 0 Å². The fraction of sp³-hybridized carbons (Fsp3) is 0.417. The maximum Gasteiger partial charge on any atom is 0.149 e. The van der Waals surface area contributed by atoms with Gasteiger partial charge in [-0.25, -0.2) is 4.84 Å². The lowest BCUT2D eigenvalue weighted by atomic mass is 9.86. The number of hydrazone groups is 1. The Labute approximate surface area is 90.1 Å². The van der Waals surface area contributed by atoms with Gasteiger partial charge in [0, 0.05) is 0 Å². The molecule has 0 amide bonds. The van der Waals surface area contributed by atoms with Gasteiger partial charge in [-0.2, -0.15) is 10.7 Å². The van der Waals surface area contributed by atoms with Crippen molar-refractivity contribution in [2.45, 2.75) is 32.3 Å². The zero-order valence-corrected chi connectivity index (χ0v) is 9.32. The fourth-order valence-electron chi connectivity index (χ4n) is 1.54. The van der Waals surface area contributed by atoms with E-state index < -0.39 is 0 Å². The van der Waals surface area contributed by atoms with Gasteiger partial charge in [0.1, 0.15) is 6.10 Å². The molecule has 0 aromatic heterocycles. The number of hydrogen-bond acceptors (Lipinski definition) is 3. The number of hydrogen-bond donors (Lipinski definition) is 1. The standard InChI is InChI=1S/C12H16N2O/c1-12(2,3)10-6-4-9(5-7-10)11-8-13-14-15-11/h4-8,11,14H,1-3H3. The summed E-state index contributed by atoms with van der Waals surface area (Å²) >= 11 is 0. The molecular weight excluding hydrogens is 188 g/mol. The third kappa shape index (κ3) is 2.18. The molecule has 80 valence electrons. The second-order valence-electron chi connectivity index (χ2n) is 4.78. The topological polar surface area (TPSA) is 33.6 Å². The zero-order chi connectivity index (χ0) is 10.9. The summed E-state index contributed by atoms with van der Waals surface area (Å²) in [5, 5.41) is 3.82. The van der Waals surface area contributed by atoms with Crippen molar-refractivity contribution in [2.24, 2.45) is 5.10 Å². The molecule has 1 atom stereocenters. The summed E-state index contributed by atoms with van der Waals surface area (Å²) in [6.45, 7) is 6.62. The van der Waals surface area contributed by atoms with Gasteiger partial charge in [-0.15, -0.1) is 0 Å². The Bertz CT molecular complexity index is 362. The van der Waals surface area contributed by atoms with Gasteiger partial charge in [0.15, 0.2) is 0 Å². The van der Waals surface area contributed by atoms with Crippen LogP contribution in [0.5, 0.6) is 0 Å². The highest BCUT2D eigenvalue weighted by Gasteiger charge is 2.16. The van der Waals surface area contributed by atoms with Crippen LogP contribution in [0.15, 0.2) is 29.4 Å². The molecule has 1 aromatic carbocycles. The van der Waals surface area contributed by atoms with Crippen LogP contribution in [0.2, 0.25) is 0 Å². The van der Waals surface area contributed by atoms with Crippen molar-refractivity contribution in [3.05, 3.63) is 35.4 Å². The van der Waals surface area contributed by atoms with E-state index in [0.29, 0.717) is 0 Å². The van der Waals surface area contributed by atoms with Crippen molar-refractivity contribution in [1.82, 2.24) is 5.59 Å². The lowest BCUT2D eigenvalue weighted by Crippen LogP contribution is -2.11. The molecule has 1 heterocycles. The Morgan fingerprint density at radius 2 is 1.87 bits per heavy atom. The quantitative estimate of drug-likeness (QED) is 0.762. The van der Waals surface area contributed by atoms with Gasteiger partial charge in [-0.3, -0.25) is 0 Å². The van der Waals surface area contributed by atoms with Gasteiger partial charge in [-0.1, -0.05) is 45.0 Å². The smallest absolute Gasteiger partial charge is 0.149 e. The van der Waals surface area contributed by atoms with Crippen molar-refractivity contribution in [3.8, 4) is 0 Å². The lowest BCUT2D eigenvalue weighted by Gasteiger charge is -2.19. The maximum atomic E-state index is 5.19. The monoisotopic (exact) mass is 204 g/mol. The number of benzene rings is 1. The van der Waals surface area contributed by atoms with Gasteiger partial charge >= 0.3 is 0 Å². The van der Waals surface area contributed by atoms with Crippen LogP contribution in [0.3, 0.4) is 0 Å². The zero-order valence-electron chi connectivity index (χ0n) is 9.32. The Morgan fingerprint density at radius 1 is 1.20 bits per heavy atom. The third-order valence-corrected chi connectivity index (χ3v) is 2.55. The van der Waals surface area contributed by atoms with E-state index in [4.69, 9.17) is 4.84 Å². The summed E-state index contributed by atoms with van der Waals surface area (Å²) < 4.78 is 0. The fourth-order valence-corrected chi connectivity index (χ4v) is 1.54. The summed E-state index contributed by atoms with van der Waals surface area (Å²) in [5.74, 6) is 0. The maximum absolute atomic E-state index is 5.19. The molecule has 0 bridgehead atoms. The molecule has 0 spiro atoms. The summed E-state index contributed by atoms with van der Waals surface area (Å²) in [7, 11) is 0. The molecular formula is C12H16N2O. The van der Waals surface area contributed by atoms with E-state index in [0.717, 1.165) is 5.56 Å². The Morgan fingerprint density at radius 3 is 2.33 bits per heavy atom. The van der Waals surface area contributed by atoms with Crippen molar-refractivity contribution in [1.29, 1.82) is 0 Å². The van der Waals surface area contributed by atoms with Crippen LogP contribution in [0.4, 0.5) is 0 Å². The summed E-state index contributed by atoms with van der Waals surface area (Å²) in [6.07, 6.45) is 1.70. The molecule has 1 aromatic rings. The first-order valence-corrected chi connectivity index (χ1v) is 5.12. The van der Waals surface area contributed by atoms with Crippen LogP contribution in [0, 0.1) is 0 Å². The molecule has 15 heavy (non-hydrogen) atoms. The van der Waals surface area contributed by atoms with E-state index in [-0.39, 0.29) is 11.5 Å². The van der Waals surface area contributed by atoms with Crippen LogP contribution in [-0.2, 0) is 10.3 Å². The molecule has 0 radical (unpaired) electrons. The number of rotatable bonds is 1. The molecule has 3 nitrogen and oxygen atoms in total. The molecule has 0 aliphatic carbocycles. The average molecular weight is 204 g/mol. The lowest BCUT2D eigenvalue weighted by molar-refractivity contribution is 0.0354. The highest BCUT2D eigenvalue weighted by molar-refractivity contribution is 5.66. The first-order chi connectivity index (χ1) is 7.07. The number of nitrogens with zero attached hydrogens (tertiary/aromatic N) is 1. The first kappa shape index (κ1) is 10.2. The average Bonchev–Trinajstić information content (AvgIpc) is 2.69. The molecule has 0 saturated carbocycles. The minimum atomic E-state index is -0.0565.